The monoisotopic (exact) mass is 1290 g/mol. The van der Waals surface area contributed by atoms with Gasteiger partial charge in [0.15, 0.2) is 0 Å². The Kier molecular flexibility index (Phi) is 34.8. The van der Waals surface area contributed by atoms with Crippen molar-refractivity contribution in [1.29, 1.82) is 0 Å². The van der Waals surface area contributed by atoms with Crippen molar-refractivity contribution in [1.82, 2.24) is 40.0 Å². The summed E-state index contributed by atoms with van der Waals surface area (Å²) in [4.78, 5) is 109. The van der Waals surface area contributed by atoms with Gasteiger partial charge in [-0.3, -0.25) is 33.6 Å². The predicted molar refractivity (Wildman–Crippen MR) is 359 cm³/mol. The number of nitrogens with zero attached hydrogens (tertiary/aromatic N) is 6. The van der Waals surface area contributed by atoms with Gasteiger partial charge in [0.2, 0.25) is 41.4 Å². The van der Waals surface area contributed by atoms with Gasteiger partial charge in [0, 0.05) is 88.2 Å². The third kappa shape index (κ3) is 23.6. The lowest BCUT2D eigenvalue weighted by atomic mass is 9.89. The molecule has 0 radical (unpaired) electrons. The molecule has 0 spiro atoms. The topological polar surface area (TPSA) is 202 Å². The maximum atomic E-state index is 14.9. The van der Waals surface area contributed by atoms with Crippen molar-refractivity contribution >= 4 is 76.6 Å². The summed E-state index contributed by atoms with van der Waals surface area (Å²) in [6.07, 6.45) is 17.0. The number of hydrogen-bond acceptors (Lipinski definition) is 14. The van der Waals surface area contributed by atoms with Crippen molar-refractivity contribution in [3.63, 3.8) is 0 Å². The second-order valence-corrected chi connectivity index (χ2v) is 29.1. The Morgan fingerprint density at radius 2 is 1.24 bits per heavy atom. The average molecular weight is 1290 g/mol. The largest absolute Gasteiger partial charge is 0.386 e. The van der Waals surface area contributed by atoms with Gasteiger partial charge in [0.05, 0.1) is 68.6 Å². The molecule has 7 amide bonds. The third-order valence-corrected chi connectivity index (χ3v) is 21.3. The number of likely N-dealkylation sites (tertiary alicyclic amines) is 1. The molecule has 1 aromatic rings. The number of nitrogens with one attached hydrogen (secondary N) is 2. The van der Waals surface area contributed by atoms with Crippen molar-refractivity contribution in [2.75, 3.05) is 84.1 Å². The summed E-state index contributed by atoms with van der Waals surface area (Å²) in [5.41, 5.74) is 1.49. The van der Waals surface area contributed by atoms with E-state index in [1.807, 2.05) is 109 Å². The van der Waals surface area contributed by atoms with Crippen LogP contribution in [0, 0.1) is 23.7 Å². The van der Waals surface area contributed by atoms with Gasteiger partial charge in [-0.05, 0) is 62.2 Å². The second-order valence-electron chi connectivity index (χ2n) is 25.6. The van der Waals surface area contributed by atoms with E-state index in [1.54, 1.807) is 59.7 Å². The molecule has 1 unspecified atom stereocenters. The summed E-state index contributed by atoms with van der Waals surface area (Å²) in [6.45, 7) is 20.7. The summed E-state index contributed by atoms with van der Waals surface area (Å²) < 4.78 is 12.3. The van der Waals surface area contributed by atoms with E-state index < -0.39 is 42.3 Å². The van der Waals surface area contributed by atoms with E-state index in [-0.39, 0.29) is 110 Å². The van der Waals surface area contributed by atoms with Crippen LogP contribution >= 0.6 is 35.3 Å². The highest BCUT2D eigenvalue weighted by Gasteiger charge is 2.43. The minimum absolute atomic E-state index is 0.00113. The zero-order chi connectivity index (χ0) is 65.0. The molecular weight excluding hydrogens is 1170 g/mol. The highest BCUT2D eigenvalue weighted by Crippen LogP contribution is 2.33. The van der Waals surface area contributed by atoms with E-state index in [0.717, 1.165) is 18.4 Å². The maximum absolute atomic E-state index is 14.9. The molecule has 2 heterocycles. The molecule has 1 aromatic carbocycles. The molecule has 10 atom stereocenters. The molecule has 21 heteroatoms. The molecule has 88 heavy (non-hydrogen) atoms. The van der Waals surface area contributed by atoms with Crippen LogP contribution in [0.15, 0.2) is 42.6 Å². The van der Waals surface area contributed by atoms with Crippen LogP contribution in [0.2, 0.25) is 0 Å². The second kappa shape index (κ2) is 40.1. The Balaban J connectivity index is 1.36. The number of carbonyl (C=O) groups excluding carboxylic acids is 7. The summed E-state index contributed by atoms with van der Waals surface area (Å²) in [6, 6.07) is 6.45. The van der Waals surface area contributed by atoms with Crippen molar-refractivity contribution in [2.45, 2.75) is 225 Å². The van der Waals surface area contributed by atoms with Crippen molar-refractivity contribution in [3.8, 4) is 0 Å². The Morgan fingerprint density at radius 3 is 1.75 bits per heavy atom. The molecule has 500 valence electrons. The number of likely N-dealkylation sites (N-methyl/N-ethyl adjacent to an activating group) is 2. The van der Waals surface area contributed by atoms with Gasteiger partial charge in [0.25, 0.3) is 0 Å². The van der Waals surface area contributed by atoms with Crippen LogP contribution in [0.3, 0.4) is 0 Å². The molecule has 1 aliphatic carbocycles. The van der Waals surface area contributed by atoms with E-state index in [2.05, 4.69) is 17.2 Å². The molecular formula is C67H114N8O10S3. The lowest BCUT2D eigenvalue weighted by molar-refractivity contribution is -0.158. The summed E-state index contributed by atoms with van der Waals surface area (Å²) >= 11 is 4.76. The van der Waals surface area contributed by atoms with Crippen LogP contribution < -0.4 is 10.6 Å². The van der Waals surface area contributed by atoms with Crippen molar-refractivity contribution in [2.24, 2.45) is 23.7 Å². The Labute approximate surface area is 542 Å². The first kappa shape index (κ1) is 76.4. The number of thioether (sulfide) groups is 3. The van der Waals surface area contributed by atoms with E-state index in [1.165, 1.54) is 87.3 Å². The van der Waals surface area contributed by atoms with Gasteiger partial charge in [-0.2, -0.15) is 35.3 Å². The van der Waals surface area contributed by atoms with Crippen molar-refractivity contribution < 1.29 is 48.1 Å². The summed E-state index contributed by atoms with van der Waals surface area (Å²) in [5, 5.41) is 18.1. The molecule has 4 rings (SSSR count). The van der Waals surface area contributed by atoms with Crippen LogP contribution in [0.1, 0.15) is 183 Å². The summed E-state index contributed by atoms with van der Waals surface area (Å²) in [5.74, 6) is -0.957. The average Bonchev–Trinajstić information content (AvgIpc) is 1.75. The number of benzene rings is 1. The first-order chi connectivity index (χ1) is 42.0. The lowest BCUT2D eigenvalue weighted by Crippen LogP contribution is -2.60. The SMILES string of the molecule is C=C(N[C@H](C)[C@@H](O)c1ccccc1)[C@H](C)[C@@H](OC)[C@@H]1CCCN1C(=O)C[C@@H](OC)[C@H]([C@@H](C)CC)N(C)C(=O)[C@@H](NC(=O)C(C(C)C)N(C)C(=O)CSCCC(=O)N1CN(C(=O)CCSC)CN(C(=O)CCSC2CCCCCCCCCCC2)C1)C(C)C. The fourth-order valence-electron chi connectivity index (χ4n) is 12.8. The van der Waals surface area contributed by atoms with Crippen LogP contribution in [-0.4, -0.2) is 208 Å². The van der Waals surface area contributed by atoms with Crippen LogP contribution in [0.5, 0.6) is 0 Å². The molecule has 1 saturated carbocycles. The molecule has 3 N–H and O–H groups in total. The third-order valence-electron chi connectivity index (χ3n) is 18.4. The molecule has 2 saturated heterocycles. The first-order valence-electron chi connectivity index (χ1n) is 32.9. The predicted octanol–water partition coefficient (Wildman–Crippen LogP) is 9.80. The Morgan fingerprint density at radius 1 is 0.693 bits per heavy atom. The maximum Gasteiger partial charge on any atom is 0.245 e. The van der Waals surface area contributed by atoms with E-state index in [0.29, 0.717) is 54.0 Å². The number of aliphatic hydroxyl groups is 1. The van der Waals surface area contributed by atoms with Crippen molar-refractivity contribution in [3.05, 3.63) is 48.2 Å². The zero-order valence-corrected chi connectivity index (χ0v) is 58.5. The molecule has 3 aliphatic rings. The van der Waals surface area contributed by atoms with Crippen LogP contribution in [0.25, 0.3) is 0 Å². The van der Waals surface area contributed by atoms with Gasteiger partial charge in [-0.1, -0.05) is 150 Å². The fourth-order valence-corrected chi connectivity index (χ4v) is 15.3. The minimum Gasteiger partial charge on any atom is -0.386 e. The van der Waals surface area contributed by atoms with Gasteiger partial charge >= 0.3 is 0 Å². The Hall–Kier alpha value is -4.02. The number of rotatable bonds is 33. The zero-order valence-electron chi connectivity index (χ0n) is 56.0. The van der Waals surface area contributed by atoms with E-state index in [9.17, 15) is 38.7 Å². The lowest BCUT2D eigenvalue weighted by Gasteiger charge is -2.42. The van der Waals surface area contributed by atoms with Gasteiger partial charge in [0.1, 0.15) is 12.1 Å². The number of aliphatic hydroxyl groups excluding tert-OH is 1. The number of methoxy groups -OCH3 is 2. The highest BCUT2D eigenvalue weighted by atomic mass is 32.2. The number of hydrogen-bond donors (Lipinski definition) is 3. The normalized spacial score (nSPS) is 19.7. The fraction of sp³-hybridized carbons (Fsp3) is 0.776. The minimum atomic E-state index is -0.969. The van der Waals surface area contributed by atoms with Gasteiger partial charge in [-0.25, -0.2) is 0 Å². The van der Waals surface area contributed by atoms with Crippen LogP contribution in [-0.2, 0) is 43.0 Å². The molecule has 2 aliphatic heterocycles. The molecule has 18 nitrogen and oxygen atoms in total. The number of ether oxygens (including phenoxy) is 2. The van der Waals surface area contributed by atoms with Crippen LogP contribution in [0.4, 0.5) is 0 Å². The molecule has 0 aromatic heterocycles. The standard InChI is InChI=1S/C67H114N8O10S3/c1-15-48(6)63(55(84-12)41-59(79)75-37-28-33-54(75)65(85-13)49(7)50(8)68-51(9)64(81)52-29-24-23-25-30-52)71(11)67(83)61(46(2)3)69-66(82)62(47(4)5)70(10)60(80)42-87-39-35-57(77)73-43-72(56(76)34-38-86-14)44-74(45-73)58(78)36-40-88-53-31-26-21-19-17-16-18-20-22-27-32-53/h23-25,29-30,46-49,51,53-55,61-65,68,81H,8,15-22,26-28,31-45H2,1-7,9-14H3,(H,69,82)/t48-,49-,51+,54-,55+,61-,62?,63-,64+,65+/m0/s1. The van der Waals surface area contributed by atoms with Gasteiger partial charge in [-0.15, -0.1) is 0 Å². The Bertz CT molecular complexity index is 2310. The number of amides is 7. The quantitative estimate of drug-likeness (QED) is 0.0562. The number of carbonyl (C=O) groups is 7. The van der Waals surface area contributed by atoms with E-state index >= 15 is 0 Å². The van der Waals surface area contributed by atoms with E-state index in [4.69, 9.17) is 9.47 Å². The molecule has 3 fully saturated rings. The highest BCUT2D eigenvalue weighted by molar-refractivity contribution is 8.00. The molecule has 0 bridgehead atoms. The smallest absolute Gasteiger partial charge is 0.245 e. The van der Waals surface area contributed by atoms with Gasteiger partial charge < -0.3 is 54.6 Å². The first-order valence-corrected chi connectivity index (χ1v) is 36.5. The summed E-state index contributed by atoms with van der Waals surface area (Å²) in [7, 11) is 6.50.